The Morgan fingerprint density at radius 2 is 2.24 bits per heavy atom. The van der Waals surface area contributed by atoms with Crippen LogP contribution in [0, 0.1) is 11.8 Å². The molecule has 0 unspecified atom stereocenters. The molecule has 1 aromatic rings. The molecule has 1 aliphatic carbocycles. The maximum atomic E-state index is 11.9. The lowest BCUT2D eigenvalue weighted by Gasteiger charge is -2.15. The number of halogens is 1. The Hall–Kier alpha value is -1.07. The van der Waals surface area contributed by atoms with Crippen molar-refractivity contribution < 1.29 is 14.7 Å². The number of hydrogen-bond acceptors (Lipinski definition) is 3. The van der Waals surface area contributed by atoms with Crippen LogP contribution in [0.1, 0.15) is 11.3 Å². The zero-order valence-corrected chi connectivity index (χ0v) is 10.8. The van der Waals surface area contributed by atoms with Crippen LogP contribution in [0.3, 0.4) is 0 Å². The first kappa shape index (κ1) is 12.4. The van der Waals surface area contributed by atoms with Crippen molar-refractivity contribution in [1.82, 2.24) is 4.90 Å². The van der Waals surface area contributed by atoms with Gasteiger partial charge in [0.15, 0.2) is 0 Å². The highest BCUT2D eigenvalue weighted by Crippen LogP contribution is 2.40. The van der Waals surface area contributed by atoms with E-state index in [9.17, 15) is 9.59 Å². The second-order valence-corrected chi connectivity index (χ2v) is 5.99. The Morgan fingerprint density at radius 3 is 2.71 bits per heavy atom. The summed E-state index contributed by atoms with van der Waals surface area (Å²) in [6, 6.07) is 3.66. The fourth-order valence-corrected chi connectivity index (χ4v) is 2.91. The first-order valence-electron chi connectivity index (χ1n) is 5.21. The van der Waals surface area contributed by atoms with Crippen molar-refractivity contribution in [3.63, 3.8) is 0 Å². The lowest BCUT2D eigenvalue weighted by molar-refractivity contribution is -0.141. The number of nitrogens with zero attached hydrogens (tertiary/aromatic N) is 1. The van der Waals surface area contributed by atoms with Crippen LogP contribution in [-0.4, -0.2) is 28.9 Å². The van der Waals surface area contributed by atoms with E-state index in [0.717, 1.165) is 4.88 Å². The lowest BCUT2D eigenvalue weighted by atomic mass is 10.3. The number of carboxylic acid groups (broad SMARTS) is 1. The standard InChI is InChI=1S/C11H12ClNO3S/c1-13(5-6-2-3-9(12)17-6)10(14)7-4-8(7)11(15)16/h2-3,7-8H,4-5H2,1H3,(H,15,16)/t7-,8+/m1/s1. The summed E-state index contributed by atoms with van der Waals surface area (Å²) >= 11 is 7.23. The van der Waals surface area contributed by atoms with Crippen molar-refractivity contribution in [1.29, 1.82) is 0 Å². The van der Waals surface area contributed by atoms with E-state index in [1.807, 2.05) is 6.07 Å². The zero-order valence-electron chi connectivity index (χ0n) is 9.22. The normalized spacial score (nSPS) is 22.2. The molecule has 0 spiro atoms. The van der Waals surface area contributed by atoms with Crippen LogP contribution in [-0.2, 0) is 16.1 Å². The van der Waals surface area contributed by atoms with E-state index in [1.54, 1.807) is 18.0 Å². The summed E-state index contributed by atoms with van der Waals surface area (Å²) in [5, 5.41) is 8.76. The Bertz CT molecular complexity index is 459. The first-order chi connectivity index (χ1) is 7.99. The van der Waals surface area contributed by atoms with Crippen LogP contribution in [0.4, 0.5) is 0 Å². The molecule has 1 heterocycles. The van der Waals surface area contributed by atoms with Gasteiger partial charge in [0.1, 0.15) is 0 Å². The molecule has 0 saturated heterocycles. The van der Waals surface area contributed by atoms with Crippen molar-refractivity contribution in [2.24, 2.45) is 11.8 Å². The Labute approximate surface area is 108 Å². The van der Waals surface area contributed by atoms with Gasteiger partial charge in [-0.1, -0.05) is 11.6 Å². The van der Waals surface area contributed by atoms with E-state index in [0.29, 0.717) is 17.3 Å². The average molecular weight is 274 g/mol. The van der Waals surface area contributed by atoms with E-state index < -0.39 is 11.9 Å². The predicted octanol–water partition coefficient (Wildman–Crippen LogP) is 2.08. The fraction of sp³-hybridized carbons (Fsp3) is 0.455. The second-order valence-electron chi connectivity index (χ2n) is 4.19. The first-order valence-corrected chi connectivity index (χ1v) is 6.40. The molecule has 2 rings (SSSR count). The van der Waals surface area contributed by atoms with Crippen LogP contribution in [0.2, 0.25) is 4.34 Å². The molecule has 2 atom stereocenters. The monoisotopic (exact) mass is 273 g/mol. The predicted molar refractivity (Wildman–Crippen MR) is 65.0 cm³/mol. The molecule has 0 bridgehead atoms. The summed E-state index contributed by atoms with van der Waals surface area (Å²) in [6.45, 7) is 0.485. The summed E-state index contributed by atoms with van der Waals surface area (Å²) in [5.74, 6) is -1.80. The van der Waals surface area contributed by atoms with Gasteiger partial charge in [0.25, 0.3) is 0 Å². The Morgan fingerprint density at radius 1 is 1.53 bits per heavy atom. The van der Waals surface area contributed by atoms with Gasteiger partial charge in [0, 0.05) is 11.9 Å². The summed E-state index contributed by atoms with van der Waals surface area (Å²) in [5.41, 5.74) is 0. The summed E-state index contributed by atoms with van der Waals surface area (Å²) in [7, 11) is 1.69. The van der Waals surface area contributed by atoms with Gasteiger partial charge in [-0.2, -0.15) is 0 Å². The minimum atomic E-state index is -0.879. The van der Waals surface area contributed by atoms with Gasteiger partial charge in [-0.05, 0) is 18.6 Å². The van der Waals surface area contributed by atoms with Crippen LogP contribution in [0.5, 0.6) is 0 Å². The third kappa shape index (κ3) is 2.79. The molecule has 1 aliphatic rings. The molecule has 0 radical (unpaired) electrons. The molecule has 0 aromatic carbocycles. The zero-order chi connectivity index (χ0) is 12.6. The third-order valence-electron chi connectivity index (χ3n) is 2.82. The van der Waals surface area contributed by atoms with E-state index in [4.69, 9.17) is 16.7 Å². The Balaban J connectivity index is 1.91. The van der Waals surface area contributed by atoms with Crippen LogP contribution in [0.25, 0.3) is 0 Å². The Kier molecular flexibility index (Phi) is 3.40. The van der Waals surface area contributed by atoms with E-state index >= 15 is 0 Å². The minimum Gasteiger partial charge on any atom is -0.481 e. The largest absolute Gasteiger partial charge is 0.481 e. The number of carbonyl (C=O) groups excluding carboxylic acids is 1. The molecular formula is C11H12ClNO3S. The molecule has 6 heteroatoms. The van der Waals surface area contributed by atoms with Gasteiger partial charge in [0.05, 0.1) is 22.7 Å². The molecule has 0 aliphatic heterocycles. The summed E-state index contributed by atoms with van der Waals surface area (Å²) < 4.78 is 0.690. The molecule has 4 nitrogen and oxygen atoms in total. The number of hydrogen-bond donors (Lipinski definition) is 1. The number of thiophene rings is 1. The number of carbonyl (C=O) groups is 2. The molecule has 1 fully saturated rings. The van der Waals surface area contributed by atoms with Gasteiger partial charge in [-0.15, -0.1) is 11.3 Å². The molecule has 1 amide bonds. The molecule has 1 N–H and O–H groups in total. The quantitative estimate of drug-likeness (QED) is 0.914. The van der Waals surface area contributed by atoms with Crippen LogP contribution >= 0.6 is 22.9 Å². The maximum absolute atomic E-state index is 11.9. The highest BCUT2D eigenvalue weighted by molar-refractivity contribution is 7.16. The second kappa shape index (κ2) is 4.66. The average Bonchev–Trinajstić information content (AvgIpc) is 2.96. The number of carboxylic acids is 1. The SMILES string of the molecule is CN(Cc1ccc(Cl)s1)C(=O)[C@@H]1C[C@@H]1C(=O)O. The fourth-order valence-electron chi connectivity index (χ4n) is 1.77. The van der Waals surface area contributed by atoms with Crippen molar-refractivity contribution in [2.45, 2.75) is 13.0 Å². The van der Waals surface area contributed by atoms with Gasteiger partial charge in [-0.25, -0.2) is 0 Å². The molecule has 1 aromatic heterocycles. The van der Waals surface area contributed by atoms with Gasteiger partial charge in [-0.3, -0.25) is 9.59 Å². The highest BCUT2D eigenvalue weighted by atomic mass is 35.5. The van der Waals surface area contributed by atoms with Gasteiger partial charge < -0.3 is 10.0 Å². The molecule has 92 valence electrons. The maximum Gasteiger partial charge on any atom is 0.307 e. The lowest BCUT2D eigenvalue weighted by Crippen LogP contribution is -2.28. The van der Waals surface area contributed by atoms with Crippen molar-refractivity contribution >= 4 is 34.8 Å². The third-order valence-corrected chi connectivity index (χ3v) is 4.04. The number of amides is 1. The smallest absolute Gasteiger partial charge is 0.307 e. The van der Waals surface area contributed by atoms with Gasteiger partial charge in [0.2, 0.25) is 5.91 Å². The summed E-state index contributed by atoms with van der Waals surface area (Å²) in [6.07, 6.45) is 0.462. The van der Waals surface area contributed by atoms with Crippen molar-refractivity contribution in [2.75, 3.05) is 7.05 Å². The highest BCUT2D eigenvalue weighted by Gasteiger charge is 2.49. The van der Waals surface area contributed by atoms with E-state index in [-0.39, 0.29) is 11.8 Å². The topological polar surface area (TPSA) is 57.6 Å². The van der Waals surface area contributed by atoms with Gasteiger partial charge >= 0.3 is 5.97 Å². The molecular weight excluding hydrogens is 262 g/mol. The van der Waals surface area contributed by atoms with Crippen molar-refractivity contribution in [3.05, 3.63) is 21.3 Å². The molecule has 1 saturated carbocycles. The van der Waals surface area contributed by atoms with Crippen LogP contribution < -0.4 is 0 Å². The van der Waals surface area contributed by atoms with E-state index in [1.165, 1.54) is 11.3 Å². The number of aliphatic carboxylic acids is 1. The van der Waals surface area contributed by atoms with E-state index in [2.05, 4.69) is 0 Å². The van der Waals surface area contributed by atoms with Crippen molar-refractivity contribution in [3.8, 4) is 0 Å². The van der Waals surface area contributed by atoms with Crippen LogP contribution in [0.15, 0.2) is 12.1 Å². The molecule has 17 heavy (non-hydrogen) atoms. The number of rotatable bonds is 4. The summed E-state index contributed by atoms with van der Waals surface area (Å²) in [4.78, 5) is 25.1. The minimum absolute atomic E-state index is 0.0954.